The Labute approximate surface area is 140 Å². The van der Waals surface area contributed by atoms with Crippen LogP contribution in [0.4, 0.5) is 0 Å². The van der Waals surface area contributed by atoms with Gasteiger partial charge in [0, 0.05) is 22.9 Å². The van der Waals surface area contributed by atoms with Gasteiger partial charge in [0.05, 0.1) is 17.2 Å². The summed E-state index contributed by atoms with van der Waals surface area (Å²) in [6.45, 7) is 4.09. The van der Waals surface area contributed by atoms with Crippen molar-refractivity contribution in [3.8, 4) is 17.3 Å². The first kappa shape index (κ1) is 14.5. The summed E-state index contributed by atoms with van der Waals surface area (Å²) >= 11 is 0. The Kier molecular flexibility index (Phi) is 3.14. The summed E-state index contributed by atoms with van der Waals surface area (Å²) in [5, 5.41) is 11.4. The van der Waals surface area contributed by atoms with Gasteiger partial charge in [-0.05, 0) is 49.2 Å². The predicted octanol–water partition coefficient (Wildman–Crippen LogP) is 4.57. The third kappa shape index (κ3) is 2.00. The molecule has 0 aliphatic rings. The minimum absolute atomic E-state index is 0.657. The summed E-state index contributed by atoms with van der Waals surface area (Å²) in [5.41, 5.74) is 6.77. The van der Waals surface area contributed by atoms with Crippen LogP contribution in [0.25, 0.3) is 33.2 Å². The smallest absolute Gasteiger partial charge is 0.213 e. The van der Waals surface area contributed by atoms with Crippen molar-refractivity contribution in [1.82, 2.24) is 0 Å². The van der Waals surface area contributed by atoms with Crippen molar-refractivity contribution in [1.29, 1.82) is 5.26 Å². The van der Waals surface area contributed by atoms with E-state index in [-0.39, 0.29) is 0 Å². The molecule has 0 aliphatic heterocycles. The molecule has 24 heavy (non-hydrogen) atoms. The van der Waals surface area contributed by atoms with E-state index in [1.807, 2.05) is 25.1 Å². The Balaban J connectivity index is 2.20. The molecule has 2 aromatic heterocycles. The van der Waals surface area contributed by atoms with Crippen LogP contribution in [-0.4, -0.2) is 0 Å². The second-order valence-corrected chi connectivity index (χ2v) is 6.20. The van der Waals surface area contributed by atoms with Gasteiger partial charge in [-0.3, -0.25) is 0 Å². The van der Waals surface area contributed by atoms with Gasteiger partial charge in [-0.15, -0.1) is 0 Å². The van der Waals surface area contributed by atoms with Gasteiger partial charge in [-0.2, -0.15) is 5.26 Å². The number of fused-ring (bicyclic) bond motifs is 3. The van der Waals surface area contributed by atoms with Crippen LogP contribution in [0.3, 0.4) is 0 Å². The fourth-order valence-corrected chi connectivity index (χ4v) is 3.36. The van der Waals surface area contributed by atoms with Gasteiger partial charge in [0.2, 0.25) is 5.69 Å². The van der Waals surface area contributed by atoms with Crippen molar-refractivity contribution in [2.75, 3.05) is 0 Å². The first-order chi connectivity index (χ1) is 11.6. The molecule has 0 amide bonds. The van der Waals surface area contributed by atoms with Crippen LogP contribution in [0.1, 0.15) is 16.7 Å². The molecule has 0 unspecified atom stereocenters. The first-order valence-electron chi connectivity index (χ1n) is 7.91. The maximum Gasteiger partial charge on any atom is 0.213 e. The minimum Gasteiger partial charge on any atom is -0.456 e. The van der Waals surface area contributed by atoms with Gasteiger partial charge in [-0.25, -0.2) is 4.57 Å². The molecule has 0 spiro atoms. The average Bonchev–Trinajstić information content (AvgIpc) is 2.93. The SMILES string of the molecule is Cc1cc2c(cc1C#N)oc1ccc(C)c(-c3cccc[n+]3C)c12. The van der Waals surface area contributed by atoms with Gasteiger partial charge in [0.25, 0.3) is 0 Å². The molecule has 0 fully saturated rings. The Morgan fingerprint density at radius 3 is 2.58 bits per heavy atom. The highest BCUT2D eigenvalue weighted by molar-refractivity contribution is 6.13. The lowest BCUT2D eigenvalue weighted by Gasteiger charge is -2.06. The quantitative estimate of drug-likeness (QED) is 0.483. The Hall–Kier alpha value is -3.12. The second-order valence-electron chi connectivity index (χ2n) is 6.20. The van der Waals surface area contributed by atoms with Gasteiger partial charge in [0.1, 0.15) is 18.2 Å². The number of pyridine rings is 1. The molecular formula is C21H17N2O+. The number of rotatable bonds is 1. The van der Waals surface area contributed by atoms with Crippen LogP contribution >= 0.6 is 0 Å². The van der Waals surface area contributed by atoms with E-state index in [4.69, 9.17) is 4.42 Å². The molecule has 0 saturated carbocycles. The largest absolute Gasteiger partial charge is 0.456 e. The highest BCUT2D eigenvalue weighted by atomic mass is 16.3. The van der Waals surface area contributed by atoms with Crippen LogP contribution in [0, 0.1) is 25.2 Å². The van der Waals surface area contributed by atoms with E-state index in [0.29, 0.717) is 5.56 Å². The van der Waals surface area contributed by atoms with Crippen molar-refractivity contribution in [2.24, 2.45) is 7.05 Å². The summed E-state index contributed by atoms with van der Waals surface area (Å²) in [4.78, 5) is 0. The molecule has 0 atom stereocenters. The van der Waals surface area contributed by atoms with E-state index < -0.39 is 0 Å². The van der Waals surface area contributed by atoms with E-state index in [9.17, 15) is 5.26 Å². The van der Waals surface area contributed by atoms with Crippen LogP contribution in [-0.2, 0) is 7.05 Å². The van der Waals surface area contributed by atoms with Crippen molar-refractivity contribution in [3.63, 3.8) is 0 Å². The number of nitrogens with zero attached hydrogens (tertiary/aromatic N) is 2. The first-order valence-corrected chi connectivity index (χ1v) is 7.91. The molecule has 0 radical (unpaired) electrons. The number of aromatic nitrogens is 1. The van der Waals surface area contributed by atoms with E-state index >= 15 is 0 Å². The maximum absolute atomic E-state index is 9.27. The molecule has 2 heterocycles. The summed E-state index contributed by atoms with van der Waals surface area (Å²) in [6.07, 6.45) is 2.05. The van der Waals surface area contributed by atoms with Crippen LogP contribution in [0.15, 0.2) is 53.1 Å². The number of hydrogen-bond donors (Lipinski definition) is 0. The molecule has 4 aromatic rings. The molecule has 0 aliphatic carbocycles. The number of benzene rings is 2. The lowest BCUT2D eigenvalue weighted by Crippen LogP contribution is -2.30. The van der Waals surface area contributed by atoms with Crippen LogP contribution in [0.2, 0.25) is 0 Å². The van der Waals surface area contributed by atoms with Gasteiger partial charge in [0.15, 0.2) is 6.20 Å². The van der Waals surface area contributed by atoms with Crippen molar-refractivity contribution in [3.05, 3.63) is 65.4 Å². The molecular weight excluding hydrogens is 296 g/mol. The highest BCUT2D eigenvalue weighted by Crippen LogP contribution is 2.38. The molecule has 116 valence electrons. The number of aryl methyl sites for hydroxylation is 3. The molecule has 0 bridgehead atoms. The Morgan fingerprint density at radius 1 is 1.00 bits per heavy atom. The minimum atomic E-state index is 0.657. The van der Waals surface area contributed by atoms with Gasteiger partial charge < -0.3 is 4.42 Å². The van der Waals surface area contributed by atoms with E-state index in [0.717, 1.165) is 33.2 Å². The lowest BCUT2D eigenvalue weighted by atomic mass is 9.96. The standard InChI is InChI=1S/C21H17N2O/c1-13-7-8-18-21(20(13)17-6-4-5-9-23(17)3)16-10-14(2)15(12-22)11-19(16)24-18/h4-11H,1-3H3/q+1. The number of furan rings is 1. The Morgan fingerprint density at radius 2 is 1.83 bits per heavy atom. The van der Waals surface area contributed by atoms with E-state index in [1.165, 1.54) is 11.1 Å². The Bertz CT molecular complexity index is 1150. The maximum atomic E-state index is 9.27. The fraction of sp³-hybridized carbons (Fsp3) is 0.143. The summed E-state index contributed by atoms with van der Waals surface area (Å²) in [7, 11) is 2.05. The zero-order chi connectivity index (χ0) is 16.8. The highest BCUT2D eigenvalue weighted by Gasteiger charge is 2.20. The van der Waals surface area contributed by atoms with Gasteiger partial charge in [-0.1, -0.05) is 6.07 Å². The molecule has 3 nitrogen and oxygen atoms in total. The predicted molar refractivity (Wildman–Crippen MR) is 94.5 cm³/mol. The zero-order valence-corrected chi connectivity index (χ0v) is 13.9. The van der Waals surface area contributed by atoms with Crippen LogP contribution < -0.4 is 4.57 Å². The molecule has 4 rings (SSSR count). The topological polar surface area (TPSA) is 40.8 Å². The number of hydrogen-bond acceptors (Lipinski definition) is 2. The van der Waals surface area contributed by atoms with Crippen molar-refractivity contribution in [2.45, 2.75) is 13.8 Å². The molecule has 0 N–H and O–H groups in total. The van der Waals surface area contributed by atoms with Crippen molar-refractivity contribution >= 4 is 21.9 Å². The average molecular weight is 313 g/mol. The summed E-state index contributed by atoms with van der Waals surface area (Å²) < 4.78 is 8.17. The second kappa shape index (κ2) is 5.21. The normalized spacial score (nSPS) is 11.1. The monoisotopic (exact) mass is 313 g/mol. The van der Waals surface area contributed by atoms with E-state index in [1.54, 1.807) is 0 Å². The number of nitriles is 1. The fourth-order valence-electron chi connectivity index (χ4n) is 3.36. The zero-order valence-electron chi connectivity index (χ0n) is 13.9. The third-order valence-electron chi connectivity index (χ3n) is 4.62. The molecule has 0 saturated heterocycles. The summed E-state index contributed by atoms with van der Waals surface area (Å²) in [5.74, 6) is 0. The van der Waals surface area contributed by atoms with Gasteiger partial charge >= 0.3 is 0 Å². The third-order valence-corrected chi connectivity index (χ3v) is 4.62. The lowest BCUT2D eigenvalue weighted by molar-refractivity contribution is -0.660. The van der Waals surface area contributed by atoms with Crippen LogP contribution in [0.5, 0.6) is 0 Å². The molecule has 2 aromatic carbocycles. The molecule has 3 heteroatoms. The summed E-state index contributed by atoms with van der Waals surface area (Å²) in [6, 6.07) is 16.4. The van der Waals surface area contributed by atoms with Crippen molar-refractivity contribution < 1.29 is 8.98 Å². The van der Waals surface area contributed by atoms with E-state index in [2.05, 4.69) is 55.1 Å².